The van der Waals surface area contributed by atoms with Gasteiger partial charge in [-0.1, -0.05) is 0 Å². The molecule has 2 bridgehead atoms. The highest BCUT2D eigenvalue weighted by Crippen LogP contribution is 2.78. The number of aromatic nitrogens is 5. The van der Waals surface area contributed by atoms with E-state index in [1.54, 1.807) is 17.7 Å². The number of ether oxygens (including phenoxy) is 1. The second kappa shape index (κ2) is 7.35. The Balaban J connectivity index is 1.38. The van der Waals surface area contributed by atoms with Gasteiger partial charge in [-0.2, -0.15) is 0 Å². The molecule has 3 aromatic rings. The molecule has 9 heteroatoms. The first-order valence-corrected chi connectivity index (χ1v) is 12.2. The fraction of sp³-hybridized carbons (Fsp3) is 0.577. The van der Waals surface area contributed by atoms with E-state index in [9.17, 15) is 13.6 Å². The normalized spacial score (nSPS) is 30.1. The second-order valence-electron chi connectivity index (χ2n) is 11.0. The van der Waals surface area contributed by atoms with Crippen molar-refractivity contribution in [1.82, 2.24) is 24.5 Å². The smallest absolute Gasteiger partial charge is 0.251 e. The fourth-order valence-corrected chi connectivity index (χ4v) is 6.26. The van der Waals surface area contributed by atoms with Crippen LogP contribution in [0.1, 0.15) is 79.5 Å². The van der Waals surface area contributed by atoms with Crippen molar-refractivity contribution in [3.8, 4) is 0 Å². The van der Waals surface area contributed by atoms with Gasteiger partial charge in [0.05, 0.1) is 23.2 Å². The number of hydrogen-bond donors (Lipinski definition) is 0. The Morgan fingerprint density at radius 1 is 1.09 bits per heavy atom. The molecule has 4 fully saturated rings. The summed E-state index contributed by atoms with van der Waals surface area (Å²) >= 11 is 0. The maximum atomic E-state index is 14.2. The average molecular weight is 482 g/mol. The van der Waals surface area contributed by atoms with E-state index >= 15 is 0 Å². The van der Waals surface area contributed by atoms with Crippen LogP contribution in [0, 0.1) is 19.3 Å². The Hall–Kier alpha value is -2.81. The zero-order chi connectivity index (χ0) is 24.8. The number of fused-ring (bicyclic) bond motifs is 1. The standard InChI is InChI=1S/C26H29F2N5O2/c1-14-15(2)30-23-20(29-14)21(25-11-26(12-25,13-25)24(3,27)28)31-22(32-23)16-7-8-35-18(9-16)17-5-6-19(34)33(4)10-17/h5-6,10,16,18H,7-9,11-13H2,1-4H3/t16-,18+,25?,26?/m0/s1. The summed E-state index contributed by atoms with van der Waals surface area (Å²) < 4.78 is 36.1. The number of hydrogen-bond acceptors (Lipinski definition) is 6. The van der Waals surface area contributed by atoms with Gasteiger partial charge in [-0.3, -0.25) is 4.79 Å². The van der Waals surface area contributed by atoms with Crippen molar-refractivity contribution in [2.75, 3.05) is 6.61 Å². The zero-order valence-electron chi connectivity index (χ0n) is 20.4. The minimum Gasteiger partial charge on any atom is -0.373 e. The molecule has 7 nitrogen and oxygen atoms in total. The maximum absolute atomic E-state index is 14.2. The summed E-state index contributed by atoms with van der Waals surface area (Å²) in [5, 5.41) is 0. The van der Waals surface area contributed by atoms with E-state index < -0.39 is 11.3 Å². The van der Waals surface area contributed by atoms with Crippen LogP contribution in [-0.2, 0) is 17.2 Å². The molecule has 3 saturated carbocycles. The van der Waals surface area contributed by atoms with Crippen LogP contribution in [0.2, 0.25) is 0 Å². The Bertz CT molecular complexity index is 1390. The monoisotopic (exact) mass is 481 g/mol. The fourth-order valence-electron chi connectivity index (χ4n) is 6.26. The van der Waals surface area contributed by atoms with E-state index in [-0.39, 0.29) is 23.0 Å². The molecule has 3 aliphatic carbocycles. The molecule has 7 rings (SSSR count). The summed E-state index contributed by atoms with van der Waals surface area (Å²) in [7, 11) is 1.73. The van der Waals surface area contributed by atoms with Gasteiger partial charge in [-0.25, -0.2) is 28.7 Å². The van der Waals surface area contributed by atoms with E-state index in [2.05, 4.69) is 0 Å². The van der Waals surface area contributed by atoms with E-state index in [0.29, 0.717) is 49.3 Å². The Labute approximate surface area is 202 Å². The van der Waals surface area contributed by atoms with Crippen LogP contribution in [0.25, 0.3) is 11.2 Å². The van der Waals surface area contributed by atoms with Crippen molar-refractivity contribution in [2.24, 2.45) is 12.5 Å². The summed E-state index contributed by atoms with van der Waals surface area (Å²) in [6, 6.07) is 3.36. The van der Waals surface area contributed by atoms with Crippen LogP contribution in [0.5, 0.6) is 0 Å². The third kappa shape index (κ3) is 3.34. The first-order valence-electron chi connectivity index (χ1n) is 12.2. The molecule has 1 saturated heterocycles. The third-order valence-electron chi connectivity index (χ3n) is 8.55. The Morgan fingerprint density at radius 2 is 1.80 bits per heavy atom. The zero-order valence-corrected chi connectivity index (χ0v) is 20.4. The molecule has 0 spiro atoms. The highest BCUT2D eigenvalue weighted by Gasteiger charge is 2.77. The lowest BCUT2D eigenvalue weighted by atomic mass is 9.32. The van der Waals surface area contributed by atoms with Crippen molar-refractivity contribution >= 4 is 11.2 Å². The van der Waals surface area contributed by atoms with Crippen LogP contribution in [0.3, 0.4) is 0 Å². The van der Waals surface area contributed by atoms with Gasteiger partial charge in [-0.05, 0) is 64.5 Å². The molecule has 3 aromatic heterocycles. The molecule has 4 heterocycles. The van der Waals surface area contributed by atoms with Gasteiger partial charge in [0.15, 0.2) is 5.65 Å². The van der Waals surface area contributed by atoms with Gasteiger partial charge in [0, 0.05) is 42.7 Å². The quantitative estimate of drug-likeness (QED) is 0.548. The molecule has 2 atom stereocenters. The predicted octanol–water partition coefficient (Wildman–Crippen LogP) is 4.45. The minimum atomic E-state index is -2.69. The molecule has 0 N–H and O–H groups in total. The number of halogens is 2. The van der Waals surface area contributed by atoms with Gasteiger partial charge < -0.3 is 9.30 Å². The van der Waals surface area contributed by atoms with Crippen molar-refractivity contribution in [2.45, 2.75) is 76.2 Å². The second-order valence-corrected chi connectivity index (χ2v) is 11.0. The number of aryl methyl sites for hydroxylation is 3. The molecule has 0 radical (unpaired) electrons. The van der Waals surface area contributed by atoms with Crippen molar-refractivity contribution in [1.29, 1.82) is 0 Å². The molecule has 4 aliphatic rings. The topological polar surface area (TPSA) is 82.8 Å². The summed E-state index contributed by atoms with van der Waals surface area (Å²) in [5.74, 6) is -1.97. The number of rotatable bonds is 4. The highest BCUT2D eigenvalue weighted by atomic mass is 19.3. The Kier molecular flexibility index (Phi) is 4.75. The van der Waals surface area contributed by atoms with Gasteiger partial charge in [-0.15, -0.1) is 0 Å². The summed E-state index contributed by atoms with van der Waals surface area (Å²) in [4.78, 5) is 31.2. The summed E-state index contributed by atoms with van der Waals surface area (Å²) in [6.07, 6.45) is 4.35. The largest absolute Gasteiger partial charge is 0.373 e. The molecule has 0 unspecified atom stereocenters. The van der Waals surface area contributed by atoms with E-state index in [4.69, 9.17) is 24.7 Å². The van der Waals surface area contributed by atoms with Crippen LogP contribution in [0.15, 0.2) is 23.1 Å². The molecular formula is C26H29F2N5O2. The van der Waals surface area contributed by atoms with Gasteiger partial charge >= 0.3 is 0 Å². The van der Waals surface area contributed by atoms with Crippen molar-refractivity contribution < 1.29 is 13.5 Å². The molecule has 0 aromatic carbocycles. The summed E-state index contributed by atoms with van der Waals surface area (Å²) in [6.45, 7) is 5.39. The third-order valence-corrected chi connectivity index (χ3v) is 8.55. The highest BCUT2D eigenvalue weighted by molar-refractivity contribution is 5.75. The van der Waals surface area contributed by atoms with Crippen molar-refractivity contribution in [3.63, 3.8) is 0 Å². The first kappa shape index (κ1) is 22.6. The average Bonchev–Trinajstić information content (AvgIpc) is 2.74. The lowest BCUT2D eigenvalue weighted by molar-refractivity contribution is -0.273. The lowest BCUT2D eigenvalue weighted by Gasteiger charge is -2.71. The van der Waals surface area contributed by atoms with E-state index in [1.165, 1.54) is 0 Å². The molecule has 35 heavy (non-hydrogen) atoms. The Morgan fingerprint density at radius 3 is 2.49 bits per heavy atom. The van der Waals surface area contributed by atoms with Crippen molar-refractivity contribution in [3.05, 3.63) is 57.2 Å². The minimum absolute atomic E-state index is 0.0338. The molecule has 184 valence electrons. The van der Waals surface area contributed by atoms with Gasteiger partial charge in [0.25, 0.3) is 5.92 Å². The number of pyridine rings is 1. The van der Waals surface area contributed by atoms with Gasteiger partial charge in [0.2, 0.25) is 5.56 Å². The molecule has 1 aliphatic heterocycles. The molecular weight excluding hydrogens is 452 g/mol. The predicted molar refractivity (Wildman–Crippen MR) is 126 cm³/mol. The van der Waals surface area contributed by atoms with Gasteiger partial charge in [0.1, 0.15) is 11.3 Å². The van der Waals surface area contributed by atoms with Crippen LogP contribution >= 0.6 is 0 Å². The van der Waals surface area contributed by atoms with E-state index in [0.717, 1.165) is 36.0 Å². The number of alkyl halides is 2. The first-order chi connectivity index (χ1) is 16.5. The number of nitrogens with zero attached hydrogens (tertiary/aromatic N) is 5. The van der Waals surface area contributed by atoms with Crippen LogP contribution in [0.4, 0.5) is 8.78 Å². The molecule has 0 amide bonds. The summed E-state index contributed by atoms with van der Waals surface area (Å²) in [5.41, 5.74) is 3.17. The van der Waals surface area contributed by atoms with E-state index in [1.807, 2.05) is 26.1 Å². The van der Waals surface area contributed by atoms with Crippen LogP contribution < -0.4 is 5.56 Å². The lowest BCUT2D eigenvalue weighted by Crippen LogP contribution is -2.71. The SMILES string of the molecule is Cc1nc2nc([C@H]3CCO[C@@H](c4ccc(=O)n(C)c4)C3)nc(C34CC(C(C)(F)F)(C3)C4)c2nc1C. The van der Waals surface area contributed by atoms with Crippen LogP contribution in [-0.4, -0.2) is 37.0 Å². The maximum Gasteiger partial charge on any atom is 0.251 e.